The largest absolute Gasteiger partial charge is 0.378 e. The van der Waals surface area contributed by atoms with Crippen LogP contribution in [0.25, 0.3) is 0 Å². The van der Waals surface area contributed by atoms with E-state index in [0.29, 0.717) is 6.54 Å². The van der Waals surface area contributed by atoms with Gasteiger partial charge in [-0.3, -0.25) is 0 Å². The van der Waals surface area contributed by atoms with E-state index in [9.17, 15) is 0 Å². The molecule has 2 aromatic heterocycles. The summed E-state index contributed by atoms with van der Waals surface area (Å²) in [5.74, 6) is 1.77. The van der Waals surface area contributed by atoms with E-state index < -0.39 is 0 Å². The van der Waals surface area contributed by atoms with E-state index >= 15 is 0 Å². The van der Waals surface area contributed by atoms with Gasteiger partial charge in [0.05, 0.1) is 6.54 Å². The Balaban J connectivity index is 1.99. The molecule has 0 fully saturated rings. The Morgan fingerprint density at radius 2 is 2.24 bits per heavy atom. The van der Waals surface area contributed by atoms with Crippen LogP contribution in [0.1, 0.15) is 12.7 Å². The van der Waals surface area contributed by atoms with Gasteiger partial charge >= 0.3 is 0 Å². The second-order valence-corrected chi connectivity index (χ2v) is 3.67. The predicted molar refractivity (Wildman–Crippen MR) is 66.7 cm³/mol. The van der Waals surface area contributed by atoms with E-state index in [4.69, 9.17) is 0 Å². The first-order chi connectivity index (χ1) is 8.29. The Morgan fingerprint density at radius 3 is 2.94 bits per heavy atom. The van der Waals surface area contributed by atoms with Crippen molar-refractivity contribution in [2.75, 3.05) is 17.2 Å². The minimum atomic E-state index is 0.645. The molecule has 0 saturated carbocycles. The molecule has 0 spiro atoms. The standard InChI is InChI=1S/C11H16N6/c1-3-12-10-6-9(4-5-13-10)14-7-11-16-15-8-17(11)2/h4-6,8H,3,7H2,1-2H3,(H2,12,13,14). The lowest BCUT2D eigenvalue weighted by Crippen LogP contribution is -2.06. The Hall–Kier alpha value is -2.11. The highest BCUT2D eigenvalue weighted by Crippen LogP contribution is 2.12. The van der Waals surface area contributed by atoms with Crippen molar-refractivity contribution in [3.63, 3.8) is 0 Å². The van der Waals surface area contributed by atoms with Gasteiger partial charge in [-0.1, -0.05) is 0 Å². The van der Waals surface area contributed by atoms with Gasteiger partial charge in [-0.25, -0.2) is 4.98 Å². The summed E-state index contributed by atoms with van der Waals surface area (Å²) in [6.07, 6.45) is 3.46. The van der Waals surface area contributed by atoms with Gasteiger partial charge in [-0.2, -0.15) is 0 Å². The molecule has 2 aromatic rings. The number of hydrogen-bond donors (Lipinski definition) is 2. The lowest BCUT2D eigenvalue weighted by atomic mass is 10.3. The van der Waals surface area contributed by atoms with Crippen LogP contribution in [0.4, 0.5) is 11.5 Å². The van der Waals surface area contributed by atoms with Crippen molar-refractivity contribution in [2.45, 2.75) is 13.5 Å². The predicted octanol–water partition coefficient (Wildman–Crippen LogP) is 1.25. The normalized spacial score (nSPS) is 10.2. The second-order valence-electron chi connectivity index (χ2n) is 3.67. The molecular formula is C11H16N6. The minimum absolute atomic E-state index is 0.645. The molecule has 0 aliphatic carbocycles. The maximum atomic E-state index is 4.21. The quantitative estimate of drug-likeness (QED) is 0.812. The summed E-state index contributed by atoms with van der Waals surface area (Å²) in [7, 11) is 1.92. The van der Waals surface area contributed by atoms with Crippen molar-refractivity contribution in [1.29, 1.82) is 0 Å². The molecule has 0 atom stereocenters. The fraction of sp³-hybridized carbons (Fsp3) is 0.364. The molecule has 0 amide bonds. The maximum absolute atomic E-state index is 4.21. The first kappa shape index (κ1) is 11.4. The number of hydrogen-bond acceptors (Lipinski definition) is 5. The summed E-state index contributed by atoms with van der Waals surface area (Å²) >= 11 is 0. The number of aryl methyl sites for hydroxylation is 1. The van der Waals surface area contributed by atoms with Gasteiger partial charge in [-0.05, 0) is 13.0 Å². The molecule has 6 heteroatoms. The van der Waals surface area contributed by atoms with Crippen molar-refractivity contribution < 1.29 is 0 Å². The average molecular weight is 232 g/mol. The van der Waals surface area contributed by atoms with E-state index in [1.54, 1.807) is 12.5 Å². The summed E-state index contributed by atoms with van der Waals surface area (Å²) in [5, 5.41) is 14.3. The highest BCUT2D eigenvalue weighted by molar-refractivity contribution is 5.51. The van der Waals surface area contributed by atoms with Crippen molar-refractivity contribution in [1.82, 2.24) is 19.7 Å². The molecular weight excluding hydrogens is 216 g/mol. The molecule has 0 aliphatic heterocycles. The summed E-state index contributed by atoms with van der Waals surface area (Å²) in [6, 6.07) is 3.90. The first-order valence-electron chi connectivity index (χ1n) is 5.56. The zero-order valence-corrected chi connectivity index (χ0v) is 10.0. The zero-order valence-electron chi connectivity index (χ0n) is 10.0. The van der Waals surface area contributed by atoms with E-state index in [2.05, 4.69) is 25.8 Å². The number of aromatic nitrogens is 4. The molecule has 0 saturated heterocycles. The molecule has 0 bridgehead atoms. The zero-order chi connectivity index (χ0) is 12.1. The van der Waals surface area contributed by atoms with Crippen LogP contribution in [0.5, 0.6) is 0 Å². The van der Waals surface area contributed by atoms with Gasteiger partial charge in [0.15, 0.2) is 5.82 Å². The van der Waals surface area contributed by atoms with Crippen LogP contribution in [-0.2, 0) is 13.6 Å². The minimum Gasteiger partial charge on any atom is -0.378 e. The third-order valence-electron chi connectivity index (χ3n) is 2.37. The smallest absolute Gasteiger partial charge is 0.151 e. The van der Waals surface area contributed by atoms with Gasteiger partial charge in [0.2, 0.25) is 0 Å². The van der Waals surface area contributed by atoms with E-state index in [1.165, 1.54) is 0 Å². The van der Waals surface area contributed by atoms with Crippen LogP contribution >= 0.6 is 0 Å². The topological polar surface area (TPSA) is 67.7 Å². The summed E-state index contributed by atoms with van der Waals surface area (Å²) in [5.41, 5.74) is 1.01. The fourth-order valence-electron chi connectivity index (χ4n) is 1.47. The average Bonchev–Trinajstić information content (AvgIpc) is 2.73. The molecule has 0 aliphatic rings. The summed E-state index contributed by atoms with van der Waals surface area (Å²) in [4.78, 5) is 4.21. The van der Waals surface area contributed by atoms with Crippen molar-refractivity contribution in [2.24, 2.45) is 7.05 Å². The van der Waals surface area contributed by atoms with Crippen molar-refractivity contribution >= 4 is 11.5 Å². The molecule has 0 aromatic carbocycles. The maximum Gasteiger partial charge on any atom is 0.151 e. The monoisotopic (exact) mass is 232 g/mol. The van der Waals surface area contributed by atoms with E-state index in [-0.39, 0.29) is 0 Å². The van der Waals surface area contributed by atoms with E-state index in [1.807, 2.05) is 30.7 Å². The van der Waals surface area contributed by atoms with Crippen molar-refractivity contribution in [3.05, 3.63) is 30.5 Å². The molecule has 17 heavy (non-hydrogen) atoms. The van der Waals surface area contributed by atoms with Gasteiger partial charge in [0.1, 0.15) is 12.1 Å². The first-order valence-corrected chi connectivity index (χ1v) is 5.56. The molecule has 0 unspecified atom stereocenters. The number of anilines is 2. The third kappa shape index (κ3) is 2.93. The highest BCUT2D eigenvalue weighted by atomic mass is 15.3. The van der Waals surface area contributed by atoms with Gasteiger partial charge in [0.25, 0.3) is 0 Å². The van der Waals surface area contributed by atoms with E-state index in [0.717, 1.165) is 23.9 Å². The van der Waals surface area contributed by atoms with Gasteiger partial charge in [-0.15, -0.1) is 10.2 Å². The Bertz CT molecular complexity index is 478. The van der Waals surface area contributed by atoms with Crippen LogP contribution in [-0.4, -0.2) is 26.3 Å². The molecule has 6 nitrogen and oxygen atoms in total. The molecule has 0 radical (unpaired) electrons. The van der Waals surface area contributed by atoms with Crippen LogP contribution in [0.3, 0.4) is 0 Å². The number of nitrogens with zero attached hydrogens (tertiary/aromatic N) is 4. The van der Waals surface area contributed by atoms with Crippen LogP contribution in [0.15, 0.2) is 24.7 Å². The van der Waals surface area contributed by atoms with Gasteiger partial charge < -0.3 is 15.2 Å². The Morgan fingerprint density at radius 1 is 1.35 bits per heavy atom. The van der Waals surface area contributed by atoms with Crippen LogP contribution in [0, 0.1) is 0 Å². The van der Waals surface area contributed by atoms with Crippen molar-refractivity contribution in [3.8, 4) is 0 Å². The number of nitrogens with one attached hydrogen (secondary N) is 2. The number of rotatable bonds is 5. The van der Waals surface area contributed by atoms with Gasteiger partial charge in [0, 0.05) is 31.5 Å². The third-order valence-corrected chi connectivity index (χ3v) is 2.37. The molecule has 2 N–H and O–H groups in total. The molecule has 2 heterocycles. The number of pyridine rings is 1. The fourth-order valence-corrected chi connectivity index (χ4v) is 1.47. The summed E-state index contributed by atoms with van der Waals surface area (Å²) in [6.45, 7) is 3.55. The summed E-state index contributed by atoms with van der Waals surface area (Å²) < 4.78 is 1.89. The molecule has 2 rings (SSSR count). The highest BCUT2D eigenvalue weighted by Gasteiger charge is 2.00. The SMILES string of the molecule is CCNc1cc(NCc2nncn2C)ccn1. The Kier molecular flexibility index (Phi) is 3.54. The second kappa shape index (κ2) is 5.29. The lowest BCUT2D eigenvalue weighted by Gasteiger charge is -2.07. The van der Waals surface area contributed by atoms with Crippen LogP contribution < -0.4 is 10.6 Å². The Labute approximate surface area is 100 Å². The molecule has 90 valence electrons. The lowest BCUT2D eigenvalue weighted by molar-refractivity contribution is 0.812. The van der Waals surface area contributed by atoms with Crippen LogP contribution in [0.2, 0.25) is 0 Å².